The SMILES string of the molecule is CCS(=O)(=O)c1ccc(CNC(=O)c2ccc3nc(C)[nH]c3c2)cc1.COC(=O)c1ccc(N)c(N)c1.COC(=O)c1ccc2nc(C)[nH]c2c1.Cc1nc2ccc(C(=O)O)cc2[nH]1. The first-order chi connectivity index (χ1) is 30.4. The predicted octanol–water partition coefficient (Wildman–Crippen LogP) is 6.46. The van der Waals surface area contributed by atoms with Gasteiger partial charge in [-0.1, -0.05) is 19.1 Å². The van der Waals surface area contributed by atoms with Crippen LogP contribution in [0.5, 0.6) is 0 Å². The highest BCUT2D eigenvalue weighted by molar-refractivity contribution is 7.91. The van der Waals surface area contributed by atoms with Gasteiger partial charge < -0.3 is 46.3 Å². The van der Waals surface area contributed by atoms with Crippen LogP contribution in [-0.2, 0) is 25.9 Å². The Bertz CT molecular complexity index is 3080. The largest absolute Gasteiger partial charge is 0.478 e. The number of nitrogen functional groups attached to an aromatic ring is 2. The molecule has 0 atom stereocenters. The summed E-state index contributed by atoms with van der Waals surface area (Å²) in [6.07, 6.45) is 0. The van der Waals surface area contributed by atoms with Crippen LogP contribution >= 0.6 is 0 Å². The van der Waals surface area contributed by atoms with Crippen LogP contribution in [0.2, 0.25) is 0 Å². The summed E-state index contributed by atoms with van der Waals surface area (Å²) in [6.45, 7) is 7.51. The first-order valence-electron chi connectivity index (χ1n) is 19.4. The first-order valence-corrected chi connectivity index (χ1v) is 21.1. The number of ether oxygens (including phenoxy) is 2. The molecule has 3 heterocycles. The predicted molar refractivity (Wildman–Crippen MR) is 243 cm³/mol. The number of aromatic carboxylic acids is 1. The number of carbonyl (C=O) groups is 4. The van der Waals surface area contributed by atoms with Gasteiger partial charge in [-0.15, -0.1) is 0 Å². The summed E-state index contributed by atoms with van der Waals surface area (Å²) in [5.41, 5.74) is 19.3. The van der Waals surface area contributed by atoms with Crippen molar-refractivity contribution in [3.63, 3.8) is 0 Å². The number of nitrogens with one attached hydrogen (secondary N) is 4. The average Bonchev–Trinajstić information content (AvgIpc) is 3.99. The van der Waals surface area contributed by atoms with Gasteiger partial charge in [0.15, 0.2) is 9.84 Å². The lowest BCUT2D eigenvalue weighted by molar-refractivity contribution is 0.0592. The first kappa shape index (κ1) is 47.0. The van der Waals surface area contributed by atoms with Crippen molar-refractivity contribution in [3.8, 4) is 0 Å². The van der Waals surface area contributed by atoms with Crippen molar-refractivity contribution in [3.05, 3.63) is 142 Å². The van der Waals surface area contributed by atoms with Crippen molar-refractivity contribution in [2.24, 2.45) is 0 Å². The fourth-order valence-electron chi connectivity index (χ4n) is 6.02. The summed E-state index contributed by atoms with van der Waals surface area (Å²) < 4.78 is 32.7. The Morgan fingerprint density at radius 2 is 1.03 bits per heavy atom. The number of amides is 1. The van der Waals surface area contributed by atoms with Crippen molar-refractivity contribution in [1.29, 1.82) is 0 Å². The van der Waals surface area contributed by atoms with Crippen molar-refractivity contribution in [1.82, 2.24) is 35.2 Å². The number of esters is 2. The number of carboxylic acid groups (broad SMARTS) is 1. The molecule has 8 aromatic rings. The number of aromatic amines is 3. The standard InChI is InChI=1S/C18H19N3O3S.C10H10N2O2.C9H8N2O2.C8H10N2O2/c1-3-25(23,24)15-7-4-13(5-8-15)11-19-18(22)14-6-9-16-17(10-14)21-12(2)20-16;1-6-11-8-4-3-7(10(13)14-2)5-9(8)12-6;1-5-10-7-3-2-6(9(12)13)4-8(7)11-5;1-12-8(11)5-2-3-6(9)7(10)4-5/h4-10H,3,11H2,1-2H3,(H,19,22)(H,20,21);3-5H,1-2H3,(H,11,12);2-4H,1H3,(H,10,11)(H,12,13);2-4H,9-10H2,1H3. The Kier molecular flexibility index (Phi) is 15.2. The van der Waals surface area contributed by atoms with Crippen molar-refractivity contribution in [2.75, 3.05) is 31.4 Å². The summed E-state index contributed by atoms with van der Waals surface area (Å²) in [5.74, 6) is 0.627. The molecular weight excluding hydrogens is 843 g/mol. The van der Waals surface area contributed by atoms with E-state index in [2.05, 4.69) is 44.7 Å². The summed E-state index contributed by atoms with van der Waals surface area (Å²) in [5, 5.41) is 11.6. The molecule has 0 saturated carbocycles. The maximum absolute atomic E-state index is 12.3. The van der Waals surface area contributed by atoms with Gasteiger partial charge in [0.2, 0.25) is 0 Å². The van der Waals surface area contributed by atoms with Gasteiger partial charge in [-0.05, 0) is 111 Å². The van der Waals surface area contributed by atoms with Crippen LogP contribution in [0.25, 0.3) is 33.1 Å². The lowest BCUT2D eigenvalue weighted by atomic mass is 10.1. The van der Waals surface area contributed by atoms with Gasteiger partial charge in [0.25, 0.3) is 5.91 Å². The summed E-state index contributed by atoms with van der Waals surface area (Å²) in [4.78, 5) is 67.2. The third kappa shape index (κ3) is 12.1. The molecule has 1 amide bonds. The molecule has 332 valence electrons. The number of anilines is 2. The lowest BCUT2D eigenvalue weighted by Gasteiger charge is -2.07. The molecule has 0 fully saturated rings. The van der Waals surface area contributed by atoms with E-state index in [0.29, 0.717) is 39.5 Å². The fourth-order valence-corrected chi connectivity index (χ4v) is 6.90. The number of imidazole rings is 3. The quantitative estimate of drug-likeness (QED) is 0.0637. The molecule has 0 spiro atoms. The summed E-state index contributed by atoms with van der Waals surface area (Å²) >= 11 is 0. The molecule has 0 aliphatic rings. The molecule has 0 saturated heterocycles. The summed E-state index contributed by atoms with van der Waals surface area (Å²) in [6, 6.07) is 26.6. The highest BCUT2D eigenvalue weighted by atomic mass is 32.2. The maximum Gasteiger partial charge on any atom is 0.337 e. The minimum atomic E-state index is -3.20. The number of H-pyrrole nitrogens is 3. The molecule has 3 aromatic heterocycles. The number of benzene rings is 5. The molecule has 0 bridgehead atoms. The number of nitrogens with zero attached hydrogens (tertiary/aromatic N) is 3. The second-order valence-corrected chi connectivity index (χ2v) is 16.3. The smallest absolute Gasteiger partial charge is 0.337 e. The van der Waals surface area contributed by atoms with E-state index in [1.807, 2.05) is 20.8 Å². The van der Waals surface area contributed by atoms with E-state index in [9.17, 15) is 27.6 Å². The van der Waals surface area contributed by atoms with E-state index in [-0.39, 0.29) is 23.2 Å². The Labute approximate surface area is 367 Å². The molecule has 0 aliphatic carbocycles. The van der Waals surface area contributed by atoms with E-state index >= 15 is 0 Å². The minimum Gasteiger partial charge on any atom is -0.478 e. The Hall–Kier alpha value is -8.06. The van der Waals surface area contributed by atoms with Crippen molar-refractivity contribution in [2.45, 2.75) is 39.1 Å². The number of fused-ring (bicyclic) bond motifs is 3. The summed E-state index contributed by atoms with van der Waals surface area (Å²) in [7, 11) is -0.525. The number of hydrogen-bond donors (Lipinski definition) is 7. The number of hydrogen-bond acceptors (Lipinski definition) is 13. The van der Waals surface area contributed by atoms with Gasteiger partial charge in [-0.3, -0.25) is 4.79 Å². The highest BCUT2D eigenvalue weighted by Gasteiger charge is 2.13. The lowest BCUT2D eigenvalue weighted by Crippen LogP contribution is -2.22. The molecule has 19 heteroatoms. The number of aryl methyl sites for hydroxylation is 3. The molecule has 18 nitrogen and oxygen atoms in total. The maximum atomic E-state index is 12.3. The zero-order valence-electron chi connectivity index (χ0n) is 35.8. The minimum absolute atomic E-state index is 0.0681. The second-order valence-electron chi connectivity index (χ2n) is 14.0. The van der Waals surface area contributed by atoms with Crippen LogP contribution in [0.1, 0.15) is 71.4 Å². The number of nitrogens with two attached hydrogens (primary N) is 2. The third-order valence-corrected chi connectivity index (χ3v) is 11.1. The third-order valence-electron chi connectivity index (χ3n) is 9.35. The zero-order valence-corrected chi connectivity index (χ0v) is 36.6. The molecule has 0 aliphatic heterocycles. The van der Waals surface area contributed by atoms with E-state index in [1.165, 1.54) is 20.3 Å². The average molecular weight is 890 g/mol. The van der Waals surface area contributed by atoms with Gasteiger partial charge in [-0.2, -0.15) is 0 Å². The molecule has 64 heavy (non-hydrogen) atoms. The number of carbonyl (C=O) groups excluding carboxylic acids is 3. The topological polar surface area (TPSA) is 291 Å². The normalized spacial score (nSPS) is 10.7. The van der Waals surface area contributed by atoms with Crippen LogP contribution in [0.4, 0.5) is 11.4 Å². The van der Waals surface area contributed by atoms with Gasteiger partial charge in [0.1, 0.15) is 17.5 Å². The van der Waals surface area contributed by atoms with Gasteiger partial charge in [-0.25, -0.2) is 37.8 Å². The van der Waals surface area contributed by atoms with Crippen molar-refractivity contribution >= 4 is 78.1 Å². The molecule has 9 N–H and O–H groups in total. The molecule has 0 radical (unpaired) electrons. The molecular formula is C45H47N9O9S. The Morgan fingerprint density at radius 3 is 1.48 bits per heavy atom. The Morgan fingerprint density at radius 1 is 0.609 bits per heavy atom. The Balaban J connectivity index is 0.000000170. The van der Waals surface area contributed by atoms with E-state index < -0.39 is 21.8 Å². The molecule has 0 unspecified atom stereocenters. The van der Waals surface area contributed by atoms with Crippen LogP contribution in [0, 0.1) is 20.8 Å². The van der Waals surface area contributed by atoms with Crippen LogP contribution in [0.15, 0.2) is 102 Å². The molecule has 8 rings (SSSR count). The van der Waals surface area contributed by atoms with Gasteiger partial charge >= 0.3 is 17.9 Å². The highest BCUT2D eigenvalue weighted by Crippen LogP contribution is 2.18. The van der Waals surface area contributed by atoms with Crippen LogP contribution in [-0.4, -0.2) is 87.2 Å². The van der Waals surface area contributed by atoms with Gasteiger partial charge in [0.05, 0.1) is 86.0 Å². The van der Waals surface area contributed by atoms with Crippen LogP contribution < -0.4 is 16.8 Å². The monoisotopic (exact) mass is 889 g/mol. The van der Waals surface area contributed by atoms with E-state index in [0.717, 1.165) is 56.1 Å². The van der Waals surface area contributed by atoms with Crippen molar-refractivity contribution < 1.29 is 42.2 Å². The zero-order chi connectivity index (χ0) is 46.7. The second kappa shape index (κ2) is 20.7. The van der Waals surface area contributed by atoms with Gasteiger partial charge in [0, 0.05) is 12.1 Å². The van der Waals surface area contributed by atoms with E-state index in [4.69, 9.17) is 16.6 Å². The van der Waals surface area contributed by atoms with Crippen LogP contribution in [0.3, 0.4) is 0 Å². The number of methoxy groups -OCH3 is 2. The van der Waals surface area contributed by atoms with E-state index in [1.54, 1.807) is 97.9 Å². The number of aromatic nitrogens is 6. The number of sulfone groups is 1. The number of rotatable bonds is 8. The molecule has 5 aromatic carbocycles. The number of carboxylic acids is 1. The fraction of sp³-hybridized carbons (Fsp3) is 0.178.